The number of alkyl halides is 2. The zero-order chi connectivity index (χ0) is 16.4. The molecule has 1 unspecified atom stereocenters. The van der Waals surface area contributed by atoms with Gasteiger partial charge in [-0.25, -0.2) is 18.4 Å². The third-order valence-corrected chi connectivity index (χ3v) is 2.89. The summed E-state index contributed by atoms with van der Waals surface area (Å²) in [6.45, 7) is 8.07. The fraction of sp³-hybridized carbons (Fsp3) is 0.846. The molecule has 0 aromatic carbocycles. The second kappa shape index (κ2) is 5.93. The molecule has 0 aliphatic carbocycles. The Morgan fingerprint density at radius 3 is 1.90 bits per heavy atom. The number of hydrogen-bond acceptors (Lipinski definition) is 3. The molecule has 5 nitrogen and oxygen atoms in total. The number of alkyl carbamates (subject to hydrolysis) is 1. The Morgan fingerprint density at radius 1 is 1.15 bits per heavy atom. The van der Waals surface area contributed by atoms with Gasteiger partial charge in [-0.15, -0.1) is 0 Å². The van der Waals surface area contributed by atoms with Crippen molar-refractivity contribution in [3.8, 4) is 0 Å². The summed E-state index contributed by atoms with van der Waals surface area (Å²) in [6.07, 6.45) is -1.36. The molecule has 0 aliphatic heterocycles. The van der Waals surface area contributed by atoms with Crippen LogP contribution in [0.4, 0.5) is 13.6 Å². The molecule has 1 atom stereocenters. The third-order valence-electron chi connectivity index (χ3n) is 2.89. The first-order valence-corrected chi connectivity index (χ1v) is 6.26. The monoisotopic (exact) mass is 295 g/mol. The van der Waals surface area contributed by atoms with Crippen LogP contribution in [0.2, 0.25) is 0 Å². The van der Waals surface area contributed by atoms with Crippen LogP contribution in [0, 0.1) is 5.41 Å². The van der Waals surface area contributed by atoms with Crippen molar-refractivity contribution in [1.82, 2.24) is 5.32 Å². The Balaban J connectivity index is 4.86. The van der Waals surface area contributed by atoms with E-state index in [0.717, 1.165) is 6.92 Å². The van der Waals surface area contributed by atoms with E-state index in [0.29, 0.717) is 0 Å². The van der Waals surface area contributed by atoms with Crippen molar-refractivity contribution in [2.75, 3.05) is 0 Å². The molecule has 118 valence electrons. The number of nitrogens with one attached hydrogen (secondary N) is 1. The third kappa shape index (κ3) is 6.16. The van der Waals surface area contributed by atoms with Crippen LogP contribution in [-0.2, 0) is 9.53 Å². The van der Waals surface area contributed by atoms with Gasteiger partial charge in [0, 0.05) is 5.41 Å². The van der Waals surface area contributed by atoms with Crippen molar-refractivity contribution in [3.05, 3.63) is 0 Å². The molecular weight excluding hydrogens is 272 g/mol. The van der Waals surface area contributed by atoms with Crippen LogP contribution >= 0.6 is 0 Å². The van der Waals surface area contributed by atoms with Gasteiger partial charge < -0.3 is 15.2 Å². The molecular formula is C13H23F2NO4. The number of carbonyl (C=O) groups excluding carboxylic acids is 1. The lowest BCUT2D eigenvalue weighted by molar-refractivity contribution is -0.143. The number of rotatable bonds is 5. The highest BCUT2D eigenvalue weighted by Crippen LogP contribution is 2.39. The van der Waals surface area contributed by atoms with Crippen LogP contribution in [0.5, 0.6) is 0 Å². The molecule has 2 N–H and O–H groups in total. The smallest absolute Gasteiger partial charge is 0.408 e. The first-order valence-electron chi connectivity index (χ1n) is 6.26. The van der Waals surface area contributed by atoms with E-state index in [1.165, 1.54) is 13.8 Å². The van der Waals surface area contributed by atoms with Crippen molar-refractivity contribution >= 4 is 12.1 Å². The largest absolute Gasteiger partial charge is 0.480 e. The summed E-state index contributed by atoms with van der Waals surface area (Å²) in [4.78, 5) is 22.6. The van der Waals surface area contributed by atoms with Gasteiger partial charge in [0.15, 0.2) is 0 Å². The normalized spacial score (nSPS) is 14.6. The minimum atomic E-state index is -3.07. The lowest BCUT2D eigenvalue weighted by Gasteiger charge is -2.33. The first-order chi connectivity index (χ1) is 8.66. The van der Waals surface area contributed by atoms with Crippen molar-refractivity contribution in [2.24, 2.45) is 5.41 Å². The van der Waals surface area contributed by atoms with Crippen molar-refractivity contribution in [1.29, 1.82) is 0 Å². The summed E-state index contributed by atoms with van der Waals surface area (Å²) in [5, 5.41) is 11.1. The molecule has 0 saturated carbocycles. The van der Waals surface area contributed by atoms with E-state index in [4.69, 9.17) is 9.84 Å². The van der Waals surface area contributed by atoms with Gasteiger partial charge in [0.05, 0.1) is 0 Å². The predicted octanol–water partition coefficient (Wildman–Crippen LogP) is 3.04. The molecule has 0 spiro atoms. The van der Waals surface area contributed by atoms with E-state index >= 15 is 0 Å². The van der Waals surface area contributed by atoms with Gasteiger partial charge in [-0.3, -0.25) is 0 Å². The van der Waals surface area contributed by atoms with E-state index in [2.05, 4.69) is 5.32 Å². The van der Waals surface area contributed by atoms with Gasteiger partial charge in [0.25, 0.3) is 0 Å². The van der Waals surface area contributed by atoms with E-state index in [1.807, 2.05) is 0 Å². The standard InChI is InChI=1S/C13H23F2NO4/c1-11(2,3)20-10(19)16-8(9(17)18)7-12(4,5)13(6,14)15/h8H,7H2,1-6H3,(H,16,19)(H,17,18). The number of ether oxygens (including phenoxy) is 1. The summed E-state index contributed by atoms with van der Waals surface area (Å²) in [7, 11) is 0. The second-order valence-corrected chi connectivity index (χ2v) is 6.51. The number of hydrogen-bond donors (Lipinski definition) is 2. The van der Waals surface area contributed by atoms with Crippen molar-refractivity contribution in [2.45, 2.75) is 65.5 Å². The van der Waals surface area contributed by atoms with Gasteiger partial charge in [-0.1, -0.05) is 13.8 Å². The predicted molar refractivity (Wildman–Crippen MR) is 69.8 cm³/mol. The van der Waals surface area contributed by atoms with Gasteiger partial charge in [-0.05, 0) is 34.1 Å². The molecule has 20 heavy (non-hydrogen) atoms. The Morgan fingerprint density at radius 2 is 1.60 bits per heavy atom. The van der Waals surface area contributed by atoms with Crippen LogP contribution in [-0.4, -0.2) is 34.7 Å². The van der Waals surface area contributed by atoms with Gasteiger partial charge in [0.1, 0.15) is 11.6 Å². The molecule has 1 amide bonds. The number of halogens is 2. The molecule has 0 aliphatic rings. The molecule has 0 saturated heterocycles. The molecule has 0 radical (unpaired) electrons. The molecule has 0 rings (SSSR count). The zero-order valence-electron chi connectivity index (χ0n) is 12.7. The van der Waals surface area contributed by atoms with Gasteiger partial charge >= 0.3 is 12.1 Å². The number of amides is 1. The minimum absolute atomic E-state index is 0.412. The maximum absolute atomic E-state index is 13.4. The maximum Gasteiger partial charge on any atom is 0.408 e. The molecule has 0 fully saturated rings. The highest BCUT2D eigenvalue weighted by atomic mass is 19.3. The maximum atomic E-state index is 13.4. The molecule has 7 heteroatoms. The summed E-state index contributed by atoms with van der Waals surface area (Å²) < 4.78 is 31.7. The first kappa shape index (κ1) is 18.6. The lowest BCUT2D eigenvalue weighted by Crippen LogP contribution is -2.48. The Hall–Kier alpha value is -1.40. The van der Waals surface area contributed by atoms with Crippen LogP contribution in [0.1, 0.15) is 48.0 Å². The SMILES string of the molecule is CC(C)(C)OC(=O)NC(CC(C)(C)C(C)(F)F)C(=O)O. The van der Waals surface area contributed by atoms with Crippen LogP contribution < -0.4 is 5.32 Å². The minimum Gasteiger partial charge on any atom is -0.480 e. The number of carbonyl (C=O) groups is 2. The topological polar surface area (TPSA) is 75.6 Å². The van der Waals surface area contributed by atoms with E-state index in [9.17, 15) is 18.4 Å². The zero-order valence-corrected chi connectivity index (χ0v) is 12.7. The van der Waals surface area contributed by atoms with E-state index in [1.54, 1.807) is 20.8 Å². The van der Waals surface area contributed by atoms with E-state index in [-0.39, 0.29) is 0 Å². The molecule has 0 aromatic heterocycles. The number of carboxylic acids is 1. The number of aliphatic carboxylic acids is 1. The second-order valence-electron chi connectivity index (χ2n) is 6.51. The highest BCUT2D eigenvalue weighted by molar-refractivity contribution is 5.80. The van der Waals surface area contributed by atoms with Gasteiger partial charge in [-0.2, -0.15) is 0 Å². The quantitative estimate of drug-likeness (QED) is 0.817. The molecule has 0 bridgehead atoms. The Bertz CT molecular complexity index is 370. The Kier molecular flexibility index (Phi) is 5.51. The van der Waals surface area contributed by atoms with Gasteiger partial charge in [0.2, 0.25) is 5.92 Å². The average molecular weight is 295 g/mol. The summed E-state index contributed by atoms with van der Waals surface area (Å²) >= 11 is 0. The molecule has 0 aromatic rings. The van der Waals surface area contributed by atoms with Crippen molar-refractivity contribution < 1.29 is 28.2 Å². The Labute approximate surface area is 117 Å². The highest BCUT2D eigenvalue weighted by Gasteiger charge is 2.45. The van der Waals surface area contributed by atoms with Crippen molar-refractivity contribution in [3.63, 3.8) is 0 Å². The van der Waals surface area contributed by atoms with Crippen LogP contribution in [0.25, 0.3) is 0 Å². The van der Waals surface area contributed by atoms with Crippen LogP contribution in [0.15, 0.2) is 0 Å². The summed E-state index contributed by atoms with van der Waals surface area (Å²) in [5.74, 6) is -4.45. The number of carboxylic acid groups (broad SMARTS) is 1. The van der Waals surface area contributed by atoms with E-state index < -0.39 is 41.5 Å². The fourth-order valence-corrected chi connectivity index (χ4v) is 1.34. The fourth-order valence-electron chi connectivity index (χ4n) is 1.34. The lowest BCUT2D eigenvalue weighted by atomic mass is 9.80. The summed E-state index contributed by atoms with van der Waals surface area (Å²) in [6, 6.07) is -1.44. The molecule has 0 heterocycles. The average Bonchev–Trinajstić information content (AvgIpc) is 2.10. The summed E-state index contributed by atoms with van der Waals surface area (Å²) in [5.41, 5.74) is -2.37. The van der Waals surface area contributed by atoms with Crippen LogP contribution in [0.3, 0.4) is 0 Å².